The van der Waals surface area contributed by atoms with Crippen LogP contribution in [0.4, 0.5) is 0 Å². The van der Waals surface area contributed by atoms with Crippen LogP contribution >= 0.6 is 22.6 Å². The molecule has 0 aliphatic heterocycles. The SMILES string of the molecule is C=Cc1cc(OC(C)=O)c(I)c(OC(C)=O)c1. The van der Waals surface area contributed by atoms with Gasteiger partial charge in [-0.1, -0.05) is 12.7 Å². The van der Waals surface area contributed by atoms with Crippen LogP contribution in [0, 0.1) is 3.57 Å². The average Bonchev–Trinajstić information content (AvgIpc) is 2.22. The molecule has 0 saturated carbocycles. The summed E-state index contributed by atoms with van der Waals surface area (Å²) in [6.07, 6.45) is 1.58. The van der Waals surface area contributed by atoms with Crippen molar-refractivity contribution in [3.8, 4) is 11.5 Å². The third kappa shape index (κ3) is 3.85. The molecule has 1 aromatic carbocycles. The smallest absolute Gasteiger partial charge is 0.308 e. The first kappa shape index (κ1) is 13.7. The second-order valence-corrected chi connectivity index (χ2v) is 4.30. The molecule has 0 fully saturated rings. The lowest BCUT2D eigenvalue weighted by Gasteiger charge is -2.10. The van der Waals surface area contributed by atoms with Gasteiger partial charge in [0.25, 0.3) is 0 Å². The van der Waals surface area contributed by atoms with E-state index in [1.54, 1.807) is 18.2 Å². The largest absolute Gasteiger partial charge is 0.425 e. The van der Waals surface area contributed by atoms with Gasteiger partial charge in [0.2, 0.25) is 0 Å². The van der Waals surface area contributed by atoms with Crippen LogP contribution in [0.1, 0.15) is 19.4 Å². The first-order valence-corrected chi connectivity index (χ1v) is 5.84. The number of ether oxygens (including phenoxy) is 2. The summed E-state index contributed by atoms with van der Waals surface area (Å²) in [6, 6.07) is 3.31. The van der Waals surface area contributed by atoms with Gasteiger partial charge in [0.1, 0.15) is 11.5 Å². The molecule has 0 N–H and O–H groups in total. The zero-order valence-corrected chi connectivity index (χ0v) is 11.6. The number of hydrogen-bond acceptors (Lipinski definition) is 4. The van der Waals surface area contributed by atoms with Crippen molar-refractivity contribution in [2.45, 2.75) is 13.8 Å². The average molecular weight is 346 g/mol. The van der Waals surface area contributed by atoms with E-state index < -0.39 is 11.9 Å². The maximum atomic E-state index is 10.9. The Morgan fingerprint density at radius 1 is 1.18 bits per heavy atom. The molecule has 5 heteroatoms. The highest BCUT2D eigenvalue weighted by Gasteiger charge is 2.13. The van der Waals surface area contributed by atoms with Gasteiger partial charge in [-0.05, 0) is 40.3 Å². The molecule has 0 aromatic heterocycles. The summed E-state index contributed by atoms with van der Waals surface area (Å²) in [5.74, 6) is -0.158. The molecule has 0 unspecified atom stereocenters. The Kier molecular flexibility index (Phi) is 4.68. The Bertz CT molecular complexity index is 442. The van der Waals surface area contributed by atoms with E-state index in [0.717, 1.165) is 0 Å². The number of benzene rings is 1. The third-order valence-corrected chi connectivity index (χ3v) is 2.83. The molecule has 0 atom stereocenters. The minimum Gasteiger partial charge on any atom is -0.425 e. The summed E-state index contributed by atoms with van der Waals surface area (Å²) in [7, 11) is 0. The van der Waals surface area contributed by atoms with Gasteiger partial charge in [0.05, 0.1) is 3.57 Å². The second-order valence-electron chi connectivity index (χ2n) is 3.22. The maximum absolute atomic E-state index is 10.9. The molecular weight excluding hydrogens is 335 g/mol. The summed E-state index contributed by atoms with van der Waals surface area (Å²) in [6.45, 7) is 6.23. The van der Waals surface area contributed by atoms with E-state index in [1.165, 1.54) is 13.8 Å². The number of halogens is 1. The van der Waals surface area contributed by atoms with Crippen LogP contribution in [0.25, 0.3) is 6.08 Å². The number of esters is 2. The molecule has 0 spiro atoms. The van der Waals surface area contributed by atoms with E-state index in [2.05, 4.69) is 6.58 Å². The van der Waals surface area contributed by atoms with Crippen LogP contribution in [0.3, 0.4) is 0 Å². The normalized spacial score (nSPS) is 9.59. The van der Waals surface area contributed by atoms with Crippen molar-refractivity contribution >= 4 is 40.6 Å². The highest BCUT2D eigenvalue weighted by atomic mass is 127. The van der Waals surface area contributed by atoms with E-state index in [0.29, 0.717) is 20.6 Å². The van der Waals surface area contributed by atoms with Gasteiger partial charge in [-0.25, -0.2) is 0 Å². The monoisotopic (exact) mass is 346 g/mol. The minimum atomic E-state index is -0.432. The third-order valence-electron chi connectivity index (χ3n) is 1.77. The van der Waals surface area contributed by atoms with Crippen molar-refractivity contribution in [3.05, 3.63) is 27.8 Å². The fourth-order valence-electron chi connectivity index (χ4n) is 1.17. The number of carbonyl (C=O) groups is 2. The summed E-state index contributed by atoms with van der Waals surface area (Å²) < 4.78 is 10.6. The molecule has 0 radical (unpaired) electrons. The Balaban J connectivity index is 3.24. The Morgan fingerprint density at radius 2 is 1.59 bits per heavy atom. The summed E-state index contributed by atoms with van der Waals surface area (Å²) >= 11 is 1.95. The van der Waals surface area contributed by atoms with Crippen molar-refractivity contribution in [2.75, 3.05) is 0 Å². The van der Waals surface area contributed by atoms with Gasteiger partial charge < -0.3 is 9.47 Å². The Labute approximate surface area is 113 Å². The summed E-state index contributed by atoms with van der Waals surface area (Å²) in [4.78, 5) is 21.9. The van der Waals surface area contributed by atoms with Gasteiger partial charge in [0, 0.05) is 13.8 Å². The molecule has 17 heavy (non-hydrogen) atoms. The summed E-state index contributed by atoms with van der Waals surface area (Å²) in [5.41, 5.74) is 0.706. The fourth-order valence-corrected chi connectivity index (χ4v) is 1.70. The second kappa shape index (κ2) is 5.81. The molecule has 0 bridgehead atoms. The highest BCUT2D eigenvalue weighted by Crippen LogP contribution is 2.32. The Hall–Kier alpha value is -1.37. The van der Waals surface area contributed by atoms with Crippen molar-refractivity contribution in [1.82, 2.24) is 0 Å². The highest BCUT2D eigenvalue weighted by molar-refractivity contribution is 14.1. The van der Waals surface area contributed by atoms with E-state index in [9.17, 15) is 9.59 Å². The topological polar surface area (TPSA) is 52.6 Å². The number of carbonyl (C=O) groups excluding carboxylic acids is 2. The van der Waals surface area contributed by atoms with Gasteiger partial charge in [-0.15, -0.1) is 0 Å². The molecule has 0 amide bonds. The van der Waals surface area contributed by atoms with Gasteiger partial charge in [-0.3, -0.25) is 9.59 Å². The standard InChI is InChI=1S/C12H11IO4/c1-4-9-5-10(16-7(2)14)12(13)11(6-9)17-8(3)15/h4-6H,1H2,2-3H3. The van der Waals surface area contributed by atoms with E-state index >= 15 is 0 Å². The molecule has 1 aromatic rings. The van der Waals surface area contributed by atoms with Gasteiger partial charge in [-0.2, -0.15) is 0 Å². The number of rotatable bonds is 3. The van der Waals surface area contributed by atoms with Crippen LogP contribution < -0.4 is 9.47 Å². The summed E-state index contributed by atoms with van der Waals surface area (Å²) in [5, 5.41) is 0. The van der Waals surface area contributed by atoms with Crippen molar-refractivity contribution in [1.29, 1.82) is 0 Å². The lowest BCUT2D eigenvalue weighted by Crippen LogP contribution is -2.07. The molecular formula is C12H11IO4. The van der Waals surface area contributed by atoms with E-state index in [4.69, 9.17) is 9.47 Å². The zero-order valence-electron chi connectivity index (χ0n) is 9.45. The van der Waals surface area contributed by atoms with Crippen LogP contribution in [-0.4, -0.2) is 11.9 Å². The predicted octanol–water partition coefficient (Wildman–Crippen LogP) is 2.78. The van der Waals surface area contributed by atoms with Crippen LogP contribution in [0.2, 0.25) is 0 Å². The van der Waals surface area contributed by atoms with Gasteiger partial charge in [0.15, 0.2) is 0 Å². The van der Waals surface area contributed by atoms with Gasteiger partial charge >= 0.3 is 11.9 Å². The molecule has 1 rings (SSSR count). The van der Waals surface area contributed by atoms with Crippen LogP contribution in [-0.2, 0) is 9.59 Å². The first-order valence-electron chi connectivity index (χ1n) is 4.77. The Morgan fingerprint density at radius 3 is 1.88 bits per heavy atom. The van der Waals surface area contributed by atoms with E-state index in [1.807, 2.05) is 22.6 Å². The molecule has 0 aliphatic rings. The van der Waals surface area contributed by atoms with Crippen LogP contribution in [0.15, 0.2) is 18.7 Å². The maximum Gasteiger partial charge on any atom is 0.308 e. The van der Waals surface area contributed by atoms with E-state index in [-0.39, 0.29) is 0 Å². The van der Waals surface area contributed by atoms with Crippen molar-refractivity contribution in [2.24, 2.45) is 0 Å². The molecule has 0 heterocycles. The molecule has 0 aliphatic carbocycles. The zero-order chi connectivity index (χ0) is 13.0. The lowest BCUT2D eigenvalue weighted by atomic mass is 10.2. The molecule has 0 saturated heterocycles. The van der Waals surface area contributed by atoms with Crippen molar-refractivity contribution in [3.63, 3.8) is 0 Å². The van der Waals surface area contributed by atoms with Crippen molar-refractivity contribution < 1.29 is 19.1 Å². The number of hydrogen-bond donors (Lipinski definition) is 0. The quantitative estimate of drug-likeness (QED) is 0.480. The lowest BCUT2D eigenvalue weighted by molar-refractivity contribution is -0.132. The fraction of sp³-hybridized carbons (Fsp3) is 0.167. The molecule has 4 nitrogen and oxygen atoms in total. The first-order chi connectivity index (χ1) is 7.93. The van der Waals surface area contributed by atoms with Crippen LogP contribution in [0.5, 0.6) is 11.5 Å². The minimum absolute atomic E-state index is 0.353. The predicted molar refractivity (Wildman–Crippen MR) is 71.9 cm³/mol. The molecule has 90 valence electrons.